The summed E-state index contributed by atoms with van der Waals surface area (Å²) in [5.41, 5.74) is 4.21. The van der Waals surface area contributed by atoms with Crippen LogP contribution in [0, 0.1) is 13.8 Å². The summed E-state index contributed by atoms with van der Waals surface area (Å²) in [7, 11) is 0. The number of benzene rings is 2. The number of anilines is 1. The predicted molar refractivity (Wildman–Crippen MR) is 95.4 cm³/mol. The first-order chi connectivity index (χ1) is 11.6. The second kappa shape index (κ2) is 6.87. The van der Waals surface area contributed by atoms with Crippen molar-refractivity contribution in [3.8, 4) is 0 Å². The molecule has 0 aliphatic carbocycles. The van der Waals surface area contributed by atoms with Gasteiger partial charge in [-0.05, 0) is 68.1 Å². The highest BCUT2D eigenvalue weighted by atomic mass is 16.2. The molecule has 3 rings (SSSR count). The molecule has 0 unspecified atom stereocenters. The lowest BCUT2D eigenvalue weighted by molar-refractivity contribution is 0.0792. The Balaban J connectivity index is 1.72. The zero-order valence-corrected chi connectivity index (χ0v) is 14.1. The summed E-state index contributed by atoms with van der Waals surface area (Å²) in [6.07, 6.45) is 2.14. The van der Waals surface area contributed by atoms with Crippen molar-refractivity contribution >= 4 is 17.5 Å². The van der Waals surface area contributed by atoms with Crippen molar-refractivity contribution in [2.75, 3.05) is 18.4 Å². The van der Waals surface area contributed by atoms with E-state index in [1.54, 1.807) is 24.3 Å². The molecule has 0 spiro atoms. The third-order valence-electron chi connectivity index (χ3n) is 4.64. The highest BCUT2D eigenvalue weighted by Crippen LogP contribution is 2.19. The van der Waals surface area contributed by atoms with E-state index < -0.39 is 0 Å². The van der Waals surface area contributed by atoms with E-state index in [-0.39, 0.29) is 11.8 Å². The van der Waals surface area contributed by atoms with Crippen LogP contribution in [0.4, 0.5) is 5.69 Å². The Morgan fingerprint density at radius 3 is 2.21 bits per heavy atom. The minimum Gasteiger partial charge on any atom is -0.339 e. The average Bonchev–Trinajstić information content (AvgIpc) is 3.13. The summed E-state index contributed by atoms with van der Waals surface area (Å²) in [6.45, 7) is 5.66. The Hall–Kier alpha value is -2.62. The molecule has 1 fully saturated rings. The SMILES string of the molecule is Cc1cccc(NC(=O)c2ccc(C(=O)N3CCCC3)cc2)c1C. The Bertz CT molecular complexity index is 760. The van der Waals surface area contributed by atoms with Crippen LogP contribution in [-0.2, 0) is 0 Å². The third-order valence-corrected chi connectivity index (χ3v) is 4.64. The number of carbonyl (C=O) groups is 2. The molecule has 1 aliphatic heterocycles. The molecule has 2 amide bonds. The summed E-state index contributed by atoms with van der Waals surface area (Å²) in [4.78, 5) is 26.6. The lowest BCUT2D eigenvalue weighted by Crippen LogP contribution is -2.27. The van der Waals surface area contributed by atoms with Crippen molar-refractivity contribution in [3.05, 3.63) is 64.7 Å². The Morgan fingerprint density at radius 2 is 1.54 bits per heavy atom. The van der Waals surface area contributed by atoms with Gasteiger partial charge in [0, 0.05) is 29.9 Å². The van der Waals surface area contributed by atoms with Crippen LogP contribution in [0.15, 0.2) is 42.5 Å². The molecular weight excluding hydrogens is 300 g/mol. The standard InChI is InChI=1S/C20H22N2O2/c1-14-6-5-7-18(15(14)2)21-19(23)16-8-10-17(11-9-16)20(24)22-12-3-4-13-22/h5-11H,3-4,12-13H2,1-2H3,(H,21,23). The molecule has 124 valence electrons. The average molecular weight is 322 g/mol. The number of aryl methyl sites for hydroxylation is 1. The number of nitrogens with zero attached hydrogens (tertiary/aromatic N) is 1. The fraction of sp³-hybridized carbons (Fsp3) is 0.300. The monoisotopic (exact) mass is 322 g/mol. The van der Waals surface area contributed by atoms with E-state index in [1.807, 2.05) is 36.9 Å². The van der Waals surface area contributed by atoms with Gasteiger partial charge in [-0.2, -0.15) is 0 Å². The first kappa shape index (κ1) is 16.2. The van der Waals surface area contributed by atoms with Gasteiger partial charge in [-0.3, -0.25) is 9.59 Å². The summed E-state index contributed by atoms with van der Waals surface area (Å²) in [5, 5.41) is 2.94. The molecule has 1 saturated heterocycles. The summed E-state index contributed by atoms with van der Waals surface area (Å²) in [5.74, 6) is -0.113. The number of nitrogens with one attached hydrogen (secondary N) is 1. The van der Waals surface area contributed by atoms with Gasteiger partial charge in [-0.15, -0.1) is 0 Å². The molecule has 1 N–H and O–H groups in total. The van der Waals surface area contributed by atoms with E-state index in [0.29, 0.717) is 11.1 Å². The van der Waals surface area contributed by atoms with E-state index in [2.05, 4.69) is 5.32 Å². The number of likely N-dealkylation sites (tertiary alicyclic amines) is 1. The zero-order valence-electron chi connectivity index (χ0n) is 14.1. The topological polar surface area (TPSA) is 49.4 Å². The van der Waals surface area contributed by atoms with Gasteiger partial charge in [-0.25, -0.2) is 0 Å². The smallest absolute Gasteiger partial charge is 0.255 e. The number of carbonyl (C=O) groups excluding carboxylic acids is 2. The Labute approximate surface area is 142 Å². The van der Waals surface area contributed by atoms with Crippen LogP contribution in [0.5, 0.6) is 0 Å². The highest BCUT2D eigenvalue weighted by Gasteiger charge is 2.19. The van der Waals surface area contributed by atoms with Crippen LogP contribution in [-0.4, -0.2) is 29.8 Å². The number of hydrogen-bond donors (Lipinski definition) is 1. The molecule has 0 aromatic heterocycles. The summed E-state index contributed by atoms with van der Waals surface area (Å²) in [6, 6.07) is 12.7. The van der Waals surface area contributed by atoms with Gasteiger partial charge in [0.2, 0.25) is 0 Å². The third kappa shape index (κ3) is 3.32. The number of rotatable bonds is 3. The molecule has 0 atom stereocenters. The van der Waals surface area contributed by atoms with E-state index in [9.17, 15) is 9.59 Å². The summed E-state index contributed by atoms with van der Waals surface area (Å²) >= 11 is 0. The lowest BCUT2D eigenvalue weighted by atomic mass is 10.1. The predicted octanol–water partition coefficient (Wildman–Crippen LogP) is 3.79. The second-order valence-corrected chi connectivity index (χ2v) is 6.28. The Kier molecular flexibility index (Phi) is 4.65. The Morgan fingerprint density at radius 1 is 0.917 bits per heavy atom. The van der Waals surface area contributed by atoms with Crippen molar-refractivity contribution in [1.82, 2.24) is 4.90 Å². The molecule has 24 heavy (non-hydrogen) atoms. The number of hydrogen-bond acceptors (Lipinski definition) is 2. The van der Waals surface area contributed by atoms with Gasteiger partial charge >= 0.3 is 0 Å². The molecule has 2 aromatic rings. The second-order valence-electron chi connectivity index (χ2n) is 6.28. The molecular formula is C20H22N2O2. The van der Waals surface area contributed by atoms with Crippen molar-refractivity contribution in [2.24, 2.45) is 0 Å². The van der Waals surface area contributed by atoms with E-state index in [1.165, 1.54) is 0 Å². The maximum Gasteiger partial charge on any atom is 0.255 e. The molecule has 4 heteroatoms. The largest absolute Gasteiger partial charge is 0.339 e. The lowest BCUT2D eigenvalue weighted by Gasteiger charge is -2.15. The fourth-order valence-corrected chi connectivity index (χ4v) is 2.95. The minimum atomic E-state index is -0.163. The van der Waals surface area contributed by atoms with Gasteiger partial charge in [0.1, 0.15) is 0 Å². The van der Waals surface area contributed by atoms with Crippen molar-refractivity contribution < 1.29 is 9.59 Å². The zero-order chi connectivity index (χ0) is 17.1. The highest BCUT2D eigenvalue weighted by molar-refractivity contribution is 6.05. The molecule has 2 aromatic carbocycles. The van der Waals surface area contributed by atoms with Crippen LogP contribution in [0.1, 0.15) is 44.7 Å². The van der Waals surface area contributed by atoms with Crippen LogP contribution in [0.2, 0.25) is 0 Å². The molecule has 0 radical (unpaired) electrons. The quantitative estimate of drug-likeness (QED) is 0.934. The van der Waals surface area contributed by atoms with Gasteiger partial charge in [0.15, 0.2) is 0 Å². The van der Waals surface area contributed by atoms with Gasteiger partial charge in [-0.1, -0.05) is 12.1 Å². The van der Waals surface area contributed by atoms with Crippen LogP contribution in [0.25, 0.3) is 0 Å². The molecule has 1 aliphatic rings. The summed E-state index contributed by atoms with van der Waals surface area (Å²) < 4.78 is 0. The maximum absolute atomic E-state index is 12.4. The first-order valence-electron chi connectivity index (χ1n) is 8.33. The van der Waals surface area contributed by atoms with Crippen molar-refractivity contribution in [2.45, 2.75) is 26.7 Å². The van der Waals surface area contributed by atoms with E-state index in [4.69, 9.17) is 0 Å². The van der Waals surface area contributed by atoms with Crippen LogP contribution < -0.4 is 5.32 Å². The van der Waals surface area contributed by atoms with Crippen molar-refractivity contribution in [3.63, 3.8) is 0 Å². The number of amides is 2. The first-order valence-corrected chi connectivity index (χ1v) is 8.33. The normalized spacial score (nSPS) is 13.8. The van der Waals surface area contributed by atoms with Gasteiger partial charge in [0.05, 0.1) is 0 Å². The van der Waals surface area contributed by atoms with Crippen molar-refractivity contribution in [1.29, 1.82) is 0 Å². The minimum absolute atomic E-state index is 0.0500. The van der Waals surface area contributed by atoms with Gasteiger partial charge in [0.25, 0.3) is 11.8 Å². The molecule has 1 heterocycles. The maximum atomic E-state index is 12.4. The molecule has 0 saturated carbocycles. The van der Waals surface area contributed by atoms with Crippen LogP contribution in [0.3, 0.4) is 0 Å². The molecule has 0 bridgehead atoms. The van der Waals surface area contributed by atoms with Crippen LogP contribution >= 0.6 is 0 Å². The van der Waals surface area contributed by atoms with E-state index >= 15 is 0 Å². The fourth-order valence-electron chi connectivity index (χ4n) is 2.95. The van der Waals surface area contributed by atoms with Gasteiger partial charge < -0.3 is 10.2 Å². The molecule has 4 nitrogen and oxygen atoms in total. The van der Waals surface area contributed by atoms with E-state index in [0.717, 1.165) is 42.7 Å².